The summed E-state index contributed by atoms with van der Waals surface area (Å²) in [6, 6.07) is 5.98. The van der Waals surface area contributed by atoms with E-state index in [1.54, 1.807) is 0 Å². The second-order valence-corrected chi connectivity index (χ2v) is 8.54. The molecule has 1 N–H and O–H groups in total. The van der Waals surface area contributed by atoms with Gasteiger partial charge in [0.25, 0.3) is 0 Å². The highest BCUT2D eigenvalue weighted by Gasteiger charge is 2.18. The normalized spacial score (nSPS) is 14.4. The largest absolute Gasteiger partial charge is 0.493 e. The van der Waals surface area contributed by atoms with Crippen molar-refractivity contribution in [3.8, 4) is 5.75 Å². The summed E-state index contributed by atoms with van der Waals surface area (Å²) in [5.74, 6) is 2.21. The molecular weight excluding hydrogens is 396 g/mol. The fourth-order valence-corrected chi connectivity index (χ4v) is 4.31. The molecule has 0 spiro atoms. The van der Waals surface area contributed by atoms with E-state index >= 15 is 0 Å². The number of halogens is 1. The zero-order chi connectivity index (χ0) is 19.9. The average molecular weight is 423 g/mol. The average Bonchev–Trinajstić information content (AvgIpc) is 3.29. The van der Waals surface area contributed by atoms with Gasteiger partial charge in [-0.05, 0) is 49.9 Å². The van der Waals surface area contributed by atoms with Crippen LogP contribution in [-0.2, 0) is 18.3 Å². The summed E-state index contributed by atoms with van der Waals surface area (Å²) in [7, 11) is 1.94. The Morgan fingerprint density at radius 2 is 2.14 bits per heavy atom. The molecule has 0 aliphatic heterocycles. The topological polar surface area (TPSA) is 69.0 Å². The molecule has 0 atom stereocenters. The third-order valence-electron chi connectivity index (χ3n) is 4.92. The molecular formula is C20H27ClN4O2S. The number of amides is 1. The van der Waals surface area contributed by atoms with E-state index < -0.39 is 0 Å². The van der Waals surface area contributed by atoms with Crippen LogP contribution in [0.1, 0.15) is 43.5 Å². The summed E-state index contributed by atoms with van der Waals surface area (Å²) < 4.78 is 7.79. The number of carbonyl (C=O) groups excluding carboxylic acids is 1. The van der Waals surface area contributed by atoms with Crippen molar-refractivity contribution in [1.29, 1.82) is 0 Å². The van der Waals surface area contributed by atoms with Gasteiger partial charge in [0.1, 0.15) is 11.6 Å². The van der Waals surface area contributed by atoms with E-state index in [0.717, 1.165) is 48.0 Å². The van der Waals surface area contributed by atoms with Gasteiger partial charge in [-0.15, -0.1) is 10.2 Å². The molecule has 0 radical (unpaired) electrons. The van der Waals surface area contributed by atoms with Crippen molar-refractivity contribution in [3.05, 3.63) is 34.6 Å². The monoisotopic (exact) mass is 422 g/mol. The number of nitrogens with one attached hydrogen (secondary N) is 1. The van der Waals surface area contributed by atoms with Crippen LogP contribution >= 0.6 is 23.4 Å². The lowest BCUT2D eigenvalue weighted by atomic mass is 10.2. The molecule has 6 nitrogen and oxygen atoms in total. The zero-order valence-corrected chi connectivity index (χ0v) is 18.0. The van der Waals surface area contributed by atoms with Crippen LogP contribution in [0.25, 0.3) is 0 Å². The maximum atomic E-state index is 12.1. The van der Waals surface area contributed by atoms with Crippen LogP contribution in [0, 0.1) is 6.92 Å². The van der Waals surface area contributed by atoms with Crippen molar-refractivity contribution < 1.29 is 9.53 Å². The molecule has 3 rings (SSSR count). The van der Waals surface area contributed by atoms with E-state index in [4.69, 9.17) is 16.3 Å². The SMILES string of the molecule is Cc1cc(Cl)ccc1OCCCc1nnc(SCC(=O)NC2CCCC2)n1C. The van der Waals surface area contributed by atoms with E-state index in [1.807, 2.05) is 36.7 Å². The highest BCUT2D eigenvalue weighted by molar-refractivity contribution is 7.99. The Bertz CT molecular complexity index is 805. The van der Waals surface area contributed by atoms with E-state index in [1.165, 1.54) is 24.6 Å². The number of rotatable bonds is 9. The number of nitrogens with zero attached hydrogens (tertiary/aromatic N) is 3. The Balaban J connectivity index is 1.40. The number of aromatic nitrogens is 3. The van der Waals surface area contributed by atoms with Crippen LogP contribution in [0.15, 0.2) is 23.4 Å². The molecule has 0 bridgehead atoms. The first-order chi connectivity index (χ1) is 13.5. The van der Waals surface area contributed by atoms with E-state index in [9.17, 15) is 4.79 Å². The highest BCUT2D eigenvalue weighted by atomic mass is 35.5. The van der Waals surface area contributed by atoms with Crippen molar-refractivity contribution in [2.24, 2.45) is 7.05 Å². The van der Waals surface area contributed by atoms with Crippen molar-refractivity contribution in [2.75, 3.05) is 12.4 Å². The molecule has 152 valence electrons. The second kappa shape index (κ2) is 10.2. The van der Waals surface area contributed by atoms with Gasteiger partial charge in [0.05, 0.1) is 12.4 Å². The highest BCUT2D eigenvalue weighted by Crippen LogP contribution is 2.22. The number of ether oxygens (including phenoxy) is 1. The van der Waals surface area contributed by atoms with Gasteiger partial charge in [0.2, 0.25) is 5.91 Å². The molecule has 28 heavy (non-hydrogen) atoms. The zero-order valence-electron chi connectivity index (χ0n) is 16.4. The van der Waals surface area contributed by atoms with Gasteiger partial charge in [0.15, 0.2) is 5.16 Å². The lowest BCUT2D eigenvalue weighted by Crippen LogP contribution is -2.33. The first kappa shape index (κ1) is 21.0. The van der Waals surface area contributed by atoms with Crippen molar-refractivity contribution in [3.63, 3.8) is 0 Å². The number of thioether (sulfide) groups is 1. The van der Waals surface area contributed by atoms with E-state index in [-0.39, 0.29) is 5.91 Å². The van der Waals surface area contributed by atoms with Crippen molar-refractivity contribution in [1.82, 2.24) is 20.1 Å². The van der Waals surface area contributed by atoms with Gasteiger partial charge in [-0.3, -0.25) is 4.79 Å². The fraction of sp³-hybridized carbons (Fsp3) is 0.550. The standard InChI is InChI=1S/C20H27ClN4O2S/c1-14-12-15(21)9-10-17(14)27-11-5-8-18-23-24-20(25(18)2)28-13-19(26)22-16-6-3-4-7-16/h9-10,12,16H,3-8,11,13H2,1-2H3,(H,22,26). The molecule has 1 heterocycles. The summed E-state index contributed by atoms with van der Waals surface area (Å²) in [5, 5.41) is 13.1. The summed E-state index contributed by atoms with van der Waals surface area (Å²) in [6.07, 6.45) is 6.23. The van der Waals surface area contributed by atoms with E-state index in [2.05, 4.69) is 15.5 Å². The van der Waals surface area contributed by atoms with Gasteiger partial charge in [-0.2, -0.15) is 0 Å². The minimum absolute atomic E-state index is 0.0770. The Kier molecular flexibility index (Phi) is 7.62. The number of aryl methyl sites for hydroxylation is 2. The molecule has 1 saturated carbocycles. The van der Waals surface area contributed by atoms with E-state index in [0.29, 0.717) is 23.4 Å². The molecule has 8 heteroatoms. The predicted molar refractivity (Wildman–Crippen MR) is 112 cm³/mol. The summed E-state index contributed by atoms with van der Waals surface area (Å²) in [4.78, 5) is 12.1. The number of benzene rings is 1. The molecule has 1 amide bonds. The van der Waals surface area contributed by atoms with Crippen LogP contribution in [0.3, 0.4) is 0 Å². The molecule has 1 fully saturated rings. The van der Waals surface area contributed by atoms with Crippen LogP contribution in [0.2, 0.25) is 5.02 Å². The minimum atomic E-state index is 0.0770. The molecule has 1 aliphatic carbocycles. The third kappa shape index (κ3) is 5.88. The Labute approximate surface area is 175 Å². The number of hydrogen-bond donors (Lipinski definition) is 1. The minimum Gasteiger partial charge on any atom is -0.493 e. The fourth-order valence-electron chi connectivity index (χ4n) is 3.35. The second-order valence-electron chi connectivity index (χ2n) is 7.16. The Morgan fingerprint density at radius 3 is 2.89 bits per heavy atom. The summed E-state index contributed by atoms with van der Waals surface area (Å²) >= 11 is 7.40. The molecule has 1 aromatic carbocycles. The van der Waals surface area contributed by atoms with Gasteiger partial charge in [-0.1, -0.05) is 36.2 Å². The summed E-state index contributed by atoms with van der Waals surface area (Å²) in [5.41, 5.74) is 1.03. The summed E-state index contributed by atoms with van der Waals surface area (Å²) in [6.45, 7) is 2.58. The van der Waals surface area contributed by atoms with Gasteiger partial charge >= 0.3 is 0 Å². The quantitative estimate of drug-likeness (QED) is 0.489. The van der Waals surface area contributed by atoms with Gasteiger partial charge in [-0.25, -0.2) is 0 Å². The molecule has 1 aliphatic rings. The third-order valence-corrected chi connectivity index (χ3v) is 6.17. The van der Waals surface area contributed by atoms with Crippen LogP contribution in [0.5, 0.6) is 5.75 Å². The lowest BCUT2D eigenvalue weighted by molar-refractivity contribution is -0.119. The Hall–Kier alpha value is -1.73. The maximum absolute atomic E-state index is 12.1. The smallest absolute Gasteiger partial charge is 0.230 e. The van der Waals surface area contributed by atoms with Crippen molar-refractivity contribution in [2.45, 2.75) is 56.6 Å². The molecule has 0 saturated heterocycles. The predicted octanol–water partition coefficient (Wildman–Crippen LogP) is 3.94. The van der Waals surface area contributed by atoms with Gasteiger partial charge < -0.3 is 14.6 Å². The molecule has 1 aromatic heterocycles. The van der Waals surface area contributed by atoms with Crippen LogP contribution in [-0.4, -0.2) is 39.1 Å². The van der Waals surface area contributed by atoms with Crippen LogP contribution in [0.4, 0.5) is 0 Å². The van der Waals surface area contributed by atoms with Gasteiger partial charge in [0, 0.05) is 24.5 Å². The first-order valence-corrected chi connectivity index (χ1v) is 11.1. The van der Waals surface area contributed by atoms with Crippen LogP contribution < -0.4 is 10.1 Å². The van der Waals surface area contributed by atoms with Crippen molar-refractivity contribution >= 4 is 29.3 Å². The maximum Gasteiger partial charge on any atom is 0.230 e. The lowest BCUT2D eigenvalue weighted by Gasteiger charge is -2.11. The molecule has 2 aromatic rings. The number of carbonyl (C=O) groups is 1. The number of hydrogen-bond acceptors (Lipinski definition) is 5. The first-order valence-electron chi connectivity index (χ1n) is 9.72. The Morgan fingerprint density at radius 1 is 1.36 bits per heavy atom. The molecule has 0 unspecified atom stereocenters.